The summed E-state index contributed by atoms with van der Waals surface area (Å²) in [6, 6.07) is -0.116. The summed E-state index contributed by atoms with van der Waals surface area (Å²) in [6.45, 7) is 3.13. The van der Waals surface area contributed by atoms with Gasteiger partial charge in [-0.15, -0.1) is 23.2 Å². The fourth-order valence-corrected chi connectivity index (χ4v) is 8.71. The minimum absolute atomic E-state index is 0.00447. The predicted molar refractivity (Wildman–Crippen MR) is 108 cm³/mol. The molecule has 3 N–H and O–H groups in total. The van der Waals surface area contributed by atoms with E-state index in [1.165, 1.54) is 31.4 Å². The Labute approximate surface area is 166 Å². The molecule has 0 radical (unpaired) electrons. The van der Waals surface area contributed by atoms with Gasteiger partial charge in [0.05, 0.1) is 16.9 Å². The molecule has 2 aliphatic heterocycles. The SMILES string of the molecule is NC1C(Cl)CC2C(CC(C(O)CN3CCCCC3)C3SCCC23)C1Cl. The first kappa shape index (κ1) is 19.1. The minimum atomic E-state index is -0.231. The van der Waals surface area contributed by atoms with Gasteiger partial charge in [0.1, 0.15) is 0 Å². The first-order valence-electron chi connectivity index (χ1n) is 10.1. The van der Waals surface area contributed by atoms with E-state index in [9.17, 15) is 5.11 Å². The van der Waals surface area contributed by atoms with Crippen molar-refractivity contribution in [3.63, 3.8) is 0 Å². The third kappa shape index (κ3) is 3.73. The molecule has 9 unspecified atom stereocenters. The number of fused-ring (bicyclic) bond motifs is 3. The van der Waals surface area contributed by atoms with Gasteiger partial charge in [0.2, 0.25) is 0 Å². The van der Waals surface area contributed by atoms with Gasteiger partial charge in [0.25, 0.3) is 0 Å². The van der Waals surface area contributed by atoms with Crippen LogP contribution in [0, 0.1) is 23.7 Å². The molecule has 2 aliphatic carbocycles. The average molecular weight is 407 g/mol. The Kier molecular flexibility index (Phi) is 6.16. The standard InChI is InChI=1S/C19H32Cl2N2OS/c20-15-9-12-11-4-7-25-19(11)14(8-13(12)17(21)18(15)22)16(24)10-23-5-2-1-3-6-23/h11-19,24H,1-10,22H2. The summed E-state index contributed by atoms with van der Waals surface area (Å²) in [7, 11) is 0. The van der Waals surface area contributed by atoms with Gasteiger partial charge in [-0.25, -0.2) is 0 Å². The molecule has 0 spiro atoms. The number of piperidine rings is 1. The summed E-state index contributed by atoms with van der Waals surface area (Å²) in [5.74, 6) is 3.27. The van der Waals surface area contributed by atoms with Crippen molar-refractivity contribution in [2.75, 3.05) is 25.4 Å². The normalized spacial score (nSPS) is 49.4. The van der Waals surface area contributed by atoms with Crippen molar-refractivity contribution in [1.29, 1.82) is 0 Å². The third-order valence-electron chi connectivity index (χ3n) is 7.33. The van der Waals surface area contributed by atoms with E-state index < -0.39 is 0 Å². The third-order valence-corrected chi connectivity index (χ3v) is 9.97. The molecule has 144 valence electrons. The van der Waals surface area contributed by atoms with Crippen LogP contribution in [0.25, 0.3) is 0 Å². The molecule has 0 aromatic heterocycles. The molecular formula is C19H32Cl2N2OS. The average Bonchev–Trinajstić information content (AvgIpc) is 3.10. The zero-order valence-electron chi connectivity index (χ0n) is 14.9. The second kappa shape index (κ2) is 8.05. The largest absolute Gasteiger partial charge is 0.391 e. The van der Waals surface area contributed by atoms with Gasteiger partial charge in [-0.05, 0) is 74.6 Å². The van der Waals surface area contributed by atoms with Crippen molar-refractivity contribution in [2.24, 2.45) is 29.4 Å². The number of β-amino-alcohol motifs (C(OH)–C–C–N with tert-alkyl or cyclic N) is 1. The fourth-order valence-electron chi connectivity index (χ4n) is 6.00. The van der Waals surface area contributed by atoms with Crippen molar-refractivity contribution in [3.05, 3.63) is 0 Å². The first-order chi connectivity index (χ1) is 12.1. The smallest absolute Gasteiger partial charge is 0.0706 e. The van der Waals surface area contributed by atoms with Crippen molar-refractivity contribution < 1.29 is 5.11 Å². The number of hydrogen-bond acceptors (Lipinski definition) is 4. The highest BCUT2D eigenvalue weighted by molar-refractivity contribution is 8.00. The Hall–Kier alpha value is 0.810. The van der Waals surface area contributed by atoms with Crippen molar-refractivity contribution in [3.8, 4) is 0 Å². The molecule has 6 heteroatoms. The molecule has 9 atom stereocenters. The van der Waals surface area contributed by atoms with E-state index >= 15 is 0 Å². The van der Waals surface area contributed by atoms with Crippen molar-refractivity contribution >= 4 is 35.0 Å². The molecule has 2 heterocycles. The number of halogens is 2. The number of alkyl halides is 2. The lowest BCUT2D eigenvalue weighted by atomic mass is 9.59. The molecule has 2 saturated heterocycles. The number of aliphatic hydroxyl groups is 1. The molecule has 0 aromatic rings. The van der Waals surface area contributed by atoms with Crippen LogP contribution in [0.15, 0.2) is 0 Å². The van der Waals surface area contributed by atoms with E-state index in [1.54, 1.807) is 0 Å². The van der Waals surface area contributed by atoms with E-state index in [1.807, 2.05) is 0 Å². The molecule has 2 saturated carbocycles. The highest BCUT2D eigenvalue weighted by Crippen LogP contribution is 2.56. The van der Waals surface area contributed by atoms with E-state index in [4.69, 9.17) is 28.9 Å². The number of nitrogens with two attached hydrogens (primary N) is 1. The summed E-state index contributed by atoms with van der Waals surface area (Å²) in [4.78, 5) is 2.47. The monoisotopic (exact) mass is 406 g/mol. The van der Waals surface area contributed by atoms with Crippen LogP contribution < -0.4 is 5.73 Å². The molecule has 25 heavy (non-hydrogen) atoms. The summed E-state index contributed by atoms with van der Waals surface area (Å²) < 4.78 is 0. The van der Waals surface area contributed by atoms with Gasteiger partial charge in [-0.3, -0.25) is 0 Å². The van der Waals surface area contributed by atoms with Gasteiger partial charge in [0.15, 0.2) is 0 Å². The lowest BCUT2D eigenvalue weighted by Gasteiger charge is -2.52. The summed E-state index contributed by atoms with van der Waals surface area (Å²) in [6.07, 6.45) is 6.95. The maximum Gasteiger partial charge on any atom is 0.0706 e. The molecule has 4 fully saturated rings. The molecule has 0 aromatic carbocycles. The number of nitrogens with zero attached hydrogens (tertiary/aromatic N) is 1. The van der Waals surface area contributed by atoms with Gasteiger partial charge < -0.3 is 15.7 Å². The Morgan fingerprint density at radius 1 is 1.08 bits per heavy atom. The van der Waals surface area contributed by atoms with Gasteiger partial charge in [0, 0.05) is 17.8 Å². The fraction of sp³-hybridized carbons (Fsp3) is 1.00. The maximum atomic E-state index is 11.1. The summed E-state index contributed by atoms with van der Waals surface area (Å²) >= 11 is 15.4. The lowest BCUT2D eigenvalue weighted by Crippen LogP contribution is -2.58. The van der Waals surface area contributed by atoms with Crippen LogP contribution in [-0.4, -0.2) is 63.5 Å². The van der Waals surface area contributed by atoms with Crippen molar-refractivity contribution in [2.45, 2.75) is 66.7 Å². The Bertz CT molecular complexity index is 465. The predicted octanol–water partition coefficient (Wildman–Crippen LogP) is 3.15. The molecule has 3 nitrogen and oxygen atoms in total. The topological polar surface area (TPSA) is 49.5 Å². The molecule has 4 rings (SSSR count). The number of likely N-dealkylation sites (tertiary alicyclic amines) is 1. The van der Waals surface area contributed by atoms with E-state index in [0.717, 1.165) is 32.5 Å². The van der Waals surface area contributed by atoms with Gasteiger partial charge in [-0.1, -0.05) is 6.42 Å². The number of thioether (sulfide) groups is 1. The minimum Gasteiger partial charge on any atom is -0.391 e. The van der Waals surface area contributed by atoms with Crippen LogP contribution in [0.4, 0.5) is 0 Å². The number of rotatable bonds is 3. The summed E-state index contributed by atoms with van der Waals surface area (Å²) in [5.41, 5.74) is 6.30. The zero-order chi connectivity index (χ0) is 17.6. The van der Waals surface area contributed by atoms with Gasteiger partial charge in [-0.2, -0.15) is 11.8 Å². The Morgan fingerprint density at radius 3 is 2.60 bits per heavy atom. The van der Waals surface area contributed by atoms with E-state index in [2.05, 4.69) is 16.7 Å². The van der Waals surface area contributed by atoms with Crippen LogP contribution in [0.1, 0.15) is 38.5 Å². The van der Waals surface area contributed by atoms with E-state index in [0.29, 0.717) is 28.9 Å². The molecule has 4 aliphatic rings. The highest BCUT2D eigenvalue weighted by atomic mass is 35.5. The zero-order valence-corrected chi connectivity index (χ0v) is 17.2. The second-order valence-corrected chi connectivity index (χ2v) is 11.1. The van der Waals surface area contributed by atoms with Crippen LogP contribution in [0.2, 0.25) is 0 Å². The Morgan fingerprint density at radius 2 is 1.84 bits per heavy atom. The highest BCUT2D eigenvalue weighted by Gasteiger charge is 2.54. The maximum absolute atomic E-state index is 11.1. The quantitative estimate of drug-likeness (QED) is 0.706. The molecule has 0 bridgehead atoms. The number of hydrogen-bond donors (Lipinski definition) is 2. The molecule has 0 amide bonds. The van der Waals surface area contributed by atoms with Crippen molar-refractivity contribution in [1.82, 2.24) is 4.90 Å². The van der Waals surface area contributed by atoms with Crippen LogP contribution >= 0.6 is 35.0 Å². The lowest BCUT2D eigenvalue weighted by molar-refractivity contribution is -0.00759. The summed E-state index contributed by atoms with van der Waals surface area (Å²) in [5, 5.41) is 11.7. The van der Waals surface area contributed by atoms with Crippen LogP contribution in [-0.2, 0) is 0 Å². The first-order valence-corrected chi connectivity index (χ1v) is 12.0. The van der Waals surface area contributed by atoms with E-state index in [-0.39, 0.29) is 22.9 Å². The number of aliphatic hydroxyl groups excluding tert-OH is 1. The van der Waals surface area contributed by atoms with Crippen LogP contribution in [0.3, 0.4) is 0 Å². The Balaban J connectivity index is 1.48. The molecular weight excluding hydrogens is 375 g/mol. The van der Waals surface area contributed by atoms with Gasteiger partial charge >= 0.3 is 0 Å². The second-order valence-electron chi connectivity index (χ2n) is 8.72. The van der Waals surface area contributed by atoms with Crippen LogP contribution in [0.5, 0.6) is 0 Å².